The normalized spacial score (nSPS) is 14.0. The highest BCUT2D eigenvalue weighted by atomic mass is 16.6. The lowest BCUT2D eigenvalue weighted by atomic mass is 9.90. The van der Waals surface area contributed by atoms with E-state index in [9.17, 15) is 14.4 Å². The summed E-state index contributed by atoms with van der Waals surface area (Å²) in [5.41, 5.74) is 2.20. The highest BCUT2D eigenvalue weighted by molar-refractivity contribution is 5.93. The van der Waals surface area contributed by atoms with E-state index in [1.807, 2.05) is 84.0 Å². The number of amides is 3. The molecule has 7 heteroatoms. The molecule has 2 N–H and O–H groups in total. The van der Waals surface area contributed by atoms with E-state index < -0.39 is 29.3 Å². The number of nitrogens with zero attached hydrogens (tertiary/aromatic N) is 1. The molecule has 0 fully saturated rings. The van der Waals surface area contributed by atoms with Crippen LogP contribution in [0, 0.1) is 13.8 Å². The Morgan fingerprint density at radius 2 is 1.49 bits per heavy atom. The molecule has 0 saturated carbocycles. The molecule has 0 aliphatic carbocycles. The van der Waals surface area contributed by atoms with Crippen molar-refractivity contribution in [3.05, 3.63) is 70.8 Å². The van der Waals surface area contributed by atoms with Crippen LogP contribution < -0.4 is 10.6 Å². The van der Waals surface area contributed by atoms with Crippen molar-refractivity contribution in [3.8, 4) is 0 Å². The van der Waals surface area contributed by atoms with Gasteiger partial charge in [-0.2, -0.15) is 0 Å². The number of benzene rings is 2. The molecule has 0 radical (unpaired) electrons. The lowest BCUT2D eigenvalue weighted by Gasteiger charge is -2.45. The van der Waals surface area contributed by atoms with Crippen LogP contribution in [0.1, 0.15) is 103 Å². The molecule has 3 amide bonds. The predicted molar refractivity (Wildman–Crippen MR) is 166 cm³/mol. The van der Waals surface area contributed by atoms with E-state index in [0.29, 0.717) is 6.42 Å². The van der Waals surface area contributed by atoms with Gasteiger partial charge in [-0.1, -0.05) is 79.9 Å². The first-order chi connectivity index (χ1) is 19.1. The Bertz CT molecular complexity index is 1150. The number of hydrogen-bond acceptors (Lipinski definition) is 4. The number of nitrogens with one attached hydrogen (secondary N) is 2. The zero-order chi connectivity index (χ0) is 31.0. The smallest absolute Gasteiger partial charge is 0.408 e. The minimum Gasteiger partial charge on any atom is -0.444 e. The zero-order valence-electron chi connectivity index (χ0n) is 26.8. The molecule has 41 heavy (non-hydrogen) atoms. The molecular formula is C34H51N3O4. The van der Waals surface area contributed by atoms with Crippen molar-refractivity contribution >= 4 is 17.9 Å². The summed E-state index contributed by atoms with van der Waals surface area (Å²) in [7, 11) is 0. The molecule has 2 aromatic rings. The molecule has 0 aliphatic rings. The van der Waals surface area contributed by atoms with Crippen LogP contribution >= 0.6 is 0 Å². The van der Waals surface area contributed by atoms with E-state index in [0.717, 1.165) is 35.1 Å². The maximum Gasteiger partial charge on any atom is 0.408 e. The molecule has 226 valence electrons. The van der Waals surface area contributed by atoms with Gasteiger partial charge in [0.05, 0.1) is 0 Å². The highest BCUT2D eigenvalue weighted by Crippen LogP contribution is 2.33. The molecule has 7 nitrogen and oxygen atoms in total. The molecule has 0 spiro atoms. The van der Waals surface area contributed by atoms with Crippen LogP contribution in [0.2, 0.25) is 0 Å². The van der Waals surface area contributed by atoms with Crippen LogP contribution in [0.4, 0.5) is 4.79 Å². The second-order valence-corrected chi connectivity index (χ2v) is 12.8. The zero-order valence-corrected chi connectivity index (χ0v) is 26.8. The summed E-state index contributed by atoms with van der Waals surface area (Å²) in [6.07, 6.45) is 1.93. The fourth-order valence-corrected chi connectivity index (χ4v) is 5.03. The van der Waals surface area contributed by atoms with Gasteiger partial charge in [-0.15, -0.1) is 0 Å². The summed E-state index contributed by atoms with van der Waals surface area (Å²) < 4.78 is 5.55. The molecular weight excluding hydrogens is 514 g/mol. The lowest BCUT2D eigenvalue weighted by molar-refractivity contribution is -0.149. The third kappa shape index (κ3) is 10.2. The SMILES string of the molecule is CCCC(C)NC(=O)C(c1cc(C)cc(C)c1)N(C(=O)C(Cc1ccccc1)NC(=O)OC(C)(C)C)C(C)(C)CC. The van der Waals surface area contributed by atoms with E-state index in [4.69, 9.17) is 4.74 Å². The van der Waals surface area contributed by atoms with Crippen LogP contribution in [0.15, 0.2) is 48.5 Å². The average Bonchev–Trinajstić information content (AvgIpc) is 2.85. The van der Waals surface area contributed by atoms with Gasteiger partial charge in [0, 0.05) is 18.0 Å². The molecule has 0 aromatic heterocycles. The Morgan fingerprint density at radius 1 is 0.902 bits per heavy atom. The van der Waals surface area contributed by atoms with Gasteiger partial charge in [-0.25, -0.2) is 4.79 Å². The third-order valence-corrected chi connectivity index (χ3v) is 7.20. The number of ether oxygens (including phenoxy) is 1. The Balaban J connectivity index is 2.69. The van der Waals surface area contributed by atoms with Gasteiger partial charge in [0.1, 0.15) is 17.7 Å². The van der Waals surface area contributed by atoms with Gasteiger partial charge in [-0.05, 0) is 79.4 Å². The molecule has 0 aliphatic heterocycles. The Labute approximate surface area is 247 Å². The van der Waals surface area contributed by atoms with Crippen molar-refractivity contribution in [2.45, 2.75) is 124 Å². The highest BCUT2D eigenvalue weighted by Gasteiger charge is 2.43. The summed E-state index contributed by atoms with van der Waals surface area (Å²) in [5.74, 6) is -0.574. The Hall–Kier alpha value is -3.35. The molecule has 0 heterocycles. The van der Waals surface area contributed by atoms with E-state index in [2.05, 4.69) is 23.6 Å². The number of carbonyl (C=O) groups excluding carboxylic acids is 3. The fourth-order valence-electron chi connectivity index (χ4n) is 5.03. The Kier molecular flexibility index (Phi) is 12.0. The van der Waals surface area contributed by atoms with Crippen LogP contribution in [0.25, 0.3) is 0 Å². The summed E-state index contributed by atoms with van der Waals surface area (Å²) in [6.45, 7) is 19.3. The first kappa shape index (κ1) is 33.9. The van der Waals surface area contributed by atoms with Crippen LogP contribution in [-0.4, -0.2) is 46.0 Å². The number of rotatable bonds is 12. The number of hydrogen-bond donors (Lipinski definition) is 2. The maximum absolute atomic E-state index is 14.7. The van der Waals surface area contributed by atoms with Gasteiger partial charge in [0.15, 0.2) is 0 Å². The maximum atomic E-state index is 14.7. The summed E-state index contributed by atoms with van der Waals surface area (Å²) in [4.78, 5) is 43.5. The summed E-state index contributed by atoms with van der Waals surface area (Å²) in [5, 5.41) is 6.01. The second kappa shape index (κ2) is 14.5. The van der Waals surface area contributed by atoms with E-state index in [1.165, 1.54) is 0 Å². The molecule has 0 saturated heterocycles. The number of carbonyl (C=O) groups is 3. The topological polar surface area (TPSA) is 87.7 Å². The van der Waals surface area contributed by atoms with Gasteiger partial charge >= 0.3 is 6.09 Å². The van der Waals surface area contributed by atoms with E-state index in [1.54, 1.807) is 25.7 Å². The second-order valence-electron chi connectivity index (χ2n) is 12.8. The van der Waals surface area contributed by atoms with Crippen LogP contribution in [0.5, 0.6) is 0 Å². The van der Waals surface area contributed by atoms with Crippen molar-refractivity contribution in [1.82, 2.24) is 15.5 Å². The minimum atomic E-state index is -0.952. The minimum absolute atomic E-state index is 0.0531. The molecule has 3 atom stereocenters. The average molecular weight is 566 g/mol. The van der Waals surface area contributed by atoms with Crippen molar-refractivity contribution in [2.24, 2.45) is 0 Å². The molecule has 2 aromatic carbocycles. The van der Waals surface area contributed by atoms with E-state index in [-0.39, 0.29) is 24.3 Å². The van der Waals surface area contributed by atoms with Crippen molar-refractivity contribution in [3.63, 3.8) is 0 Å². The van der Waals surface area contributed by atoms with Crippen molar-refractivity contribution in [2.75, 3.05) is 0 Å². The summed E-state index contributed by atoms with van der Waals surface area (Å²) >= 11 is 0. The van der Waals surface area contributed by atoms with Gasteiger partial charge in [0.25, 0.3) is 0 Å². The molecule has 0 bridgehead atoms. The predicted octanol–water partition coefficient (Wildman–Crippen LogP) is 6.80. The van der Waals surface area contributed by atoms with Gasteiger partial charge in [-0.3, -0.25) is 9.59 Å². The first-order valence-electron chi connectivity index (χ1n) is 14.8. The third-order valence-electron chi connectivity index (χ3n) is 7.20. The van der Waals surface area contributed by atoms with Gasteiger partial charge in [0.2, 0.25) is 11.8 Å². The first-order valence-corrected chi connectivity index (χ1v) is 14.8. The fraction of sp³-hybridized carbons (Fsp3) is 0.559. The summed E-state index contributed by atoms with van der Waals surface area (Å²) in [6, 6.07) is 13.7. The number of alkyl carbamates (subject to hydrolysis) is 1. The molecule has 3 unspecified atom stereocenters. The van der Waals surface area contributed by atoms with Crippen LogP contribution in [-0.2, 0) is 20.7 Å². The monoisotopic (exact) mass is 565 g/mol. The lowest BCUT2D eigenvalue weighted by Crippen LogP contribution is -2.60. The van der Waals surface area contributed by atoms with E-state index >= 15 is 0 Å². The number of aryl methyl sites for hydroxylation is 2. The quantitative estimate of drug-likeness (QED) is 0.296. The largest absolute Gasteiger partial charge is 0.444 e. The standard InChI is InChI=1S/C34H51N3O4/c1-11-16-25(5)35-30(38)29(27-20-23(3)19-24(4)21-27)37(34(9,10)12-2)31(39)28(22-26-17-14-13-15-18-26)36-32(40)41-33(6,7)8/h13-15,17-21,25,28-29H,11-12,16,22H2,1-10H3,(H,35,38)(H,36,40). The van der Waals surface area contributed by atoms with Crippen molar-refractivity contribution < 1.29 is 19.1 Å². The Morgan fingerprint density at radius 3 is 2.00 bits per heavy atom. The van der Waals surface area contributed by atoms with Crippen LogP contribution in [0.3, 0.4) is 0 Å². The van der Waals surface area contributed by atoms with Gasteiger partial charge < -0.3 is 20.3 Å². The van der Waals surface area contributed by atoms with Crippen molar-refractivity contribution in [1.29, 1.82) is 0 Å². The molecule has 2 rings (SSSR count).